The molecule has 106 valence electrons. The molecule has 1 aromatic rings. The lowest BCUT2D eigenvalue weighted by atomic mass is 10.3. The van der Waals surface area contributed by atoms with Gasteiger partial charge in [0.1, 0.15) is 0 Å². The van der Waals surface area contributed by atoms with Gasteiger partial charge in [0.25, 0.3) is 0 Å². The third kappa shape index (κ3) is 4.69. The van der Waals surface area contributed by atoms with Gasteiger partial charge in [0, 0.05) is 32.4 Å². The van der Waals surface area contributed by atoms with Crippen LogP contribution in [0.3, 0.4) is 0 Å². The highest BCUT2D eigenvalue weighted by atomic mass is 16.5. The number of hydrogen-bond acceptors (Lipinski definition) is 5. The largest absolute Gasteiger partial charge is 0.473 e. The molecule has 0 radical (unpaired) electrons. The predicted molar refractivity (Wildman–Crippen MR) is 75.7 cm³/mol. The third-order valence-corrected chi connectivity index (χ3v) is 2.97. The van der Waals surface area contributed by atoms with E-state index in [9.17, 15) is 0 Å². The molecule has 0 bridgehead atoms. The van der Waals surface area contributed by atoms with Gasteiger partial charge in [-0.05, 0) is 26.0 Å². The average Bonchev–Trinajstić information content (AvgIpc) is 2.41. The van der Waals surface area contributed by atoms with E-state index in [0.717, 1.165) is 45.1 Å². The normalized spacial score (nSPS) is 16.6. The van der Waals surface area contributed by atoms with Gasteiger partial charge in [-0.3, -0.25) is 4.90 Å². The van der Waals surface area contributed by atoms with E-state index in [0.29, 0.717) is 5.88 Å². The van der Waals surface area contributed by atoms with Gasteiger partial charge in [-0.25, -0.2) is 4.98 Å². The molecule has 5 heteroatoms. The molecular formula is C14H23N3O2. The van der Waals surface area contributed by atoms with E-state index < -0.39 is 0 Å². The van der Waals surface area contributed by atoms with Crippen LogP contribution in [0.25, 0.3) is 0 Å². The van der Waals surface area contributed by atoms with Crippen molar-refractivity contribution in [3.63, 3.8) is 0 Å². The number of pyridine rings is 1. The summed E-state index contributed by atoms with van der Waals surface area (Å²) in [5.41, 5.74) is 0.962. The molecule has 0 saturated carbocycles. The zero-order valence-electron chi connectivity index (χ0n) is 11.8. The second-order valence-corrected chi connectivity index (χ2v) is 4.90. The Balaban J connectivity index is 1.81. The van der Waals surface area contributed by atoms with Crippen molar-refractivity contribution in [2.24, 2.45) is 0 Å². The van der Waals surface area contributed by atoms with Crippen molar-refractivity contribution >= 4 is 5.69 Å². The lowest BCUT2D eigenvalue weighted by Crippen LogP contribution is -2.39. The summed E-state index contributed by atoms with van der Waals surface area (Å²) in [5.74, 6) is 0.680. The topological polar surface area (TPSA) is 46.6 Å². The molecule has 0 unspecified atom stereocenters. The van der Waals surface area contributed by atoms with Crippen LogP contribution in [-0.4, -0.2) is 55.4 Å². The molecular weight excluding hydrogens is 242 g/mol. The van der Waals surface area contributed by atoms with Crippen molar-refractivity contribution in [1.82, 2.24) is 9.88 Å². The van der Waals surface area contributed by atoms with Gasteiger partial charge in [-0.1, -0.05) is 0 Å². The molecule has 1 aliphatic heterocycles. The Morgan fingerprint density at radius 1 is 1.42 bits per heavy atom. The Morgan fingerprint density at radius 2 is 2.21 bits per heavy atom. The smallest absolute Gasteiger partial charge is 0.237 e. The summed E-state index contributed by atoms with van der Waals surface area (Å²) in [6, 6.07) is 3.92. The minimum atomic E-state index is 0.134. The lowest BCUT2D eigenvalue weighted by molar-refractivity contribution is 0.0398. The molecule has 1 saturated heterocycles. The standard InChI is InChI=1S/C14H23N3O2/c1-12(2)19-14-13(4-3-5-16-14)15-6-7-17-8-10-18-11-9-17/h3-5,12,15H,6-11H2,1-2H3. The van der Waals surface area contributed by atoms with Gasteiger partial charge in [-0.2, -0.15) is 0 Å². The minimum Gasteiger partial charge on any atom is -0.473 e. The fourth-order valence-electron chi connectivity index (χ4n) is 2.02. The summed E-state index contributed by atoms with van der Waals surface area (Å²) in [6.45, 7) is 9.63. The predicted octanol–water partition coefficient (Wildman–Crippen LogP) is 1.61. The van der Waals surface area contributed by atoms with Crippen molar-refractivity contribution in [3.05, 3.63) is 18.3 Å². The Kier molecular flexibility index (Phi) is 5.42. The van der Waals surface area contributed by atoms with Gasteiger partial charge >= 0.3 is 0 Å². The number of anilines is 1. The zero-order valence-corrected chi connectivity index (χ0v) is 11.8. The summed E-state index contributed by atoms with van der Waals surface area (Å²) in [6.07, 6.45) is 1.89. The van der Waals surface area contributed by atoms with Crippen LogP contribution in [-0.2, 0) is 4.74 Å². The summed E-state index contributed by atoms with van der Waals surface area (Å²) in [7, 11) is 0. The number of nitrogens with zero attached hydrogens (tertiary/aromatic N) is 2. The van der Waals surface area contributed by atoms with Crippen LogP contribution in [0.2, 0.25) is 0 Å². The zero-order chi connectivity index (χ0) is 13.5. The van der Waals surface area contributed by atoms with Crippen LogP contribution in [0.5, 0.6) is 5.88 Å². The average molecular weight is 265 g/mol. The maximum absolute atomic E-state index is 5.68. The van der Waals surface area contributed by atoms with Crippen LogP contribution in [0.15, 0.2) is 18.3 Å². The molecule has 0 amide bonds. The molecule has 0 atom stereocenters. The van der Waals surface area contributed by atoms with Crippen LogP contribution >= 0.6 is 0 Å². The van der Waals surface area contributed by atoms with Gasteiger partial charge in [0.15, 0.2) is 0 Å². The molecule has 0 aliphatic carbocycles. The highest BCUT2D eigenvalue weighted by molar-refractivity contribution is 5.52. The molecule has 1 fully saturated rings. The van der Waals surface area contributed by atoms with Crippen LogP contribution in [0.1, 0.15) is 13.8 Å². The first-order valence-corrected chi connectivity index (χ1v) is 6.91. The first-order valence-electron chi connectivity index (χ1n) is 6.91. The van der Waals surface area contributed by atoms with Crippen molar-refractivity contribution in [3.8, 4) is 5.88 Å². The summed E-state index contributed by atoms with van der Waals surface area (Å²) in [5, 5.41) is 3.40. The fraction of sp³-hybridized carbons (Fsp3) is 0.643. The second-order valence-electron chi connectivity index (χ2n) is 4.90. The van der Waals surface area contributed by atoms with Crippen molar-refractivity contribution in [1.29, 1.82) is 0 Å². The molecule has 1 aliphatic rings. The fourth-order valence-corrected chi connectivity index (χ4v) is 2.02. The maximum atomic E-state index is 5.68. The number of ether oxygens (including phenoxy) is 2. The Hall–Kier alpha value is -1.33. The molecule has 1 N–H and O–H groups in total. The van der Waals surface area contributed by atoms with E-state index in [1.807, 2.05) is 26.0 Å². The maximum Gasteiger partial charge on any atom is 0.237 e. The SMILES string of the molecule is CC(C)Oc1ncccc1NCCN1CCOCC1. The first-order chi connectivity index (χ1) is 9.25. The van der Waals surface area contributed by atoms with Gasteiger partial charge in [-0.15, -0.1) is 0 Å². The van der Waals surface area contributed by atoms with E-state index in [-0.39, 0.29) is 6.10 Å². The summed E-state index contributed by atoms with van der Waals surface area (Å²) in [4.78, 5) is 6.66. The van der Waals surface area contributed by atoms with Gasteiger partial charge in [0.05, 0.1) is 25.0 Å². The number of hydrogen-bond donors (Lipinski definition) is 1. The Morgan fingerprint density at radius 3 is 2.95 bits per heavy atom. The van der Waals surface area contributed by atoms with Crippen LogP contribution in [0.4, 0.5) is 5.69 Å². The quantitative estimate of drug-likeness (QED) is 0.847. The van der Waals surface area contributed by atoms with Gasteiger partial charge < -0.3 is 14.8 Å². The van der Waals surface area contributed by atoms with Gasteiger partial charge in [0.2, 0.25) is 5.88 Å². The van der Waals surface area contributed by atoms with Crippen LogP contribution in [0, 0.1) is 0 Å². The van der Waals surface area contributed by atoms with Crippen molar-refractivity contribution in [2.75, 3.05) is 44.7 Å². The van der Waals surface area contributed by atoms with Crippen molar-refractivity contribution in [2.45, 2.75) is 20.0 Å². The number of morpholine rings is 1. The van der Waals surface area contributed by atoms with Crippen LogP contribution < -0.4 is 10.1 Å². The lowest BCUT2D eigenvalue weighted by Gasteiger charge is -2.26. The Labute approximate surface area is 114 Å². The highest BCUT2D eigenvalue weighted by Crippen LogP contribution is 2.21. The first kappa shape index (κ1) is 14.1. The monoisotopic (exact) mass is 265 g/mol. The molecule has 2 rings (SSSR count). The molecule has 2 heterocycles. The molecule has 0 spiro atoms. The molecule has 0 aromatic carbocycles. The number of nitrogens with one attached hydrogen (secondary N) is 1. The minimum absolute atomic E-state index is 0.134. The van der Waals surface area contributed by atoms with Crippen molar-refractivity contribution < 1.29 is 9.47 Å². The Bertz CT molecular complexity index is 379. The van der Waals surface area contributed by atoms with E-state index >= 15 is 0 Å². The van der Waals surface area contributed by atoms with E-state index in [1.54, 1.807) is 6.20 Å². The number of rotatable bonds is 6. The second kappa shape index (κ2) is 7.31. The highest BCUT2D eigenvalue weighted by Gasteiger charge is 2.10. The molecule has 19 heavy (non-hydrogen) atoms. The van der Waals surface area contributed by atoms with E-state index in [4.69, 9.17) is 9.47 Å². The summed E-state index contributed by atoms with van der Waals surface area (Å²) >= 11 is 0. The third-order valence-electron chi connectivity index (χ3n) is 2.97. The van der Waals surface area contributed by atoms with E-state index in [2.05, 4.69) is 15.2 Å². The summed E-state index contributed by atoms with van der Waals surface area (Å²) < 4.78 is 11.0. The van der Waals surface area contributed by atoms with E-state index in [1.165, 1.54) is 0 Å². The molecule has 5 nitrogen and oxygen atoms in total. The number of aromatic nitrogens is 1. The molecule has 1 aromatic heterocycles.